The van der Waals surface area contributed by atoms with Gasteiger partial charge in [0.15, 0.2) is 0 Å². The topological polar surface area (TPSA) is 38.7 Å². The highest BCUT2D eigenvalue weighted by Gasteiger charge is 2.33. The van der Waals surface area contributed by atoms with Gasteiger partial charge in [0.2, 0.25) is 0 Å². The summed E-state index contributed by atoms with van der Waals surface area (Å²) in [6, 6.07) is 0. The second kappa shape index (κ2) is 8.90. The van der Waals surface area contributed by atoms with E-state index >= 15 is 0 Å². The first kappa shape index (κ1) is 14.9. The normalized spacial score (nSPS) is 28.8. The molecule has 0 aromatic rings. The molecule has 3 heteroatoms. The molecule has 1 aliphatic carbocycles. The third-order valence-corrected chi connectivity index (χ3v) is 3.41. The Bertz CT molecular complexity index is 184. The van der Waals surface area contributed by atoms with Crippen molar-refractivity contribution in [1.29, 1.82) is 0 Å². The van der Waals surface area contributed by atoms with Gasteiger partial charge in [-0.2, -0.15) is 0 Å². The van der Waals surface area contributed by atoms with Crippen LogP contribution in [0.3, 0.4) is 0 Å². The fourth-order valence-electron chi connectivity index (χ4n) is 2.30. The summed E-state index contributed by atoms with van der Waals surface area (Å²) in [5.74, 6) is 0.388. The molecule has 3 nitrogen and oxygen atoms in total. The van der Waals surface area contributed by atoms with Crippen molar-refractivity contribution >= 4 is 0 Å². The van der Waals surface area contributed by atoms with Crippen LogP contribution < -0.4 is 0 Å². The summed E-state index contributed by atoms with van der Waals surface area (Å²) in [6.07, 6.45) is 6.19. The molecule has 1 fully saturated rings. The summed E-state index contributed by atoms with van der Waals surface area (Å²) in [4.78, 5) is 0. The Kier molecular flexibility index (Phi) is 7.82. The Balaban J connectivity index is 2.19. The molecular formula is C14H28O3. The van der Waals surface area contributed by atoms with Gasteiger partial charge in [0.05, 0.1) is 18.8 Å². The summed E-state index contributed by atoms with van der Waals surface area (Å²) in [5, 5.41) is 9.69. The van der Waals surface area contributed by atoms with E-state index in [0.29, 0.717) is 5.92 Å². The van der Waals surface area contributed by atoms with E-state index in [9.17, 15) is 5.11 Å². The Labute approximate surface area is 105 Å². The molecule has 0 heterocycles. The van der Waals surface area contributed by atoms with Gasteiger partial charge in [-0.05, 0) is 25.7 Å². The summed E-state index contributed by atoms with van der Waals surface area (Å²) < 4.78 is 11.5. The van der Waals surface area contributed by atoms with Crippen LogP contribution in [0.2, 0.25) is 0 Å². The molecule has 1 aliphatic rings. The third-order valence-electron chi connectivity index (χ3n) is 3.41. The van der Waals surface area contributed by atoms with Crippen molar-refractivity contribution in [3.8, 4) is 0 Å². The van der Waals surface area contributed by atoms with E-state index in [-0.39, 0.29) is 12.2 Å². The van der Waals surface area contributed by atoms with Crippen LogP contribution in [0, 0.1) is 5.92 Å². The molecule has 3 atom stereocenters. The molecule has 0 aliphatic heterocycles. The molecule has 1 saturated carbocycles. The lowest BCUT2D eigenvalue weighted by Gasteiger charge is -2.19. The maximum absolute atomic E-state index is 9.69. The van der Waals surface area contributed by atoms with E-state index < -0.39 is 0 Å². The molecular weight excluding hydrogens is 216 g/mol. The lowest BCUT2D eigenvalue weighted by atomic mass is 10.1. The average molecular weight is 244 g/mol. The molecule has 0 amide bonds. The van der Waals surface area contributed by atoms with Gasteiger partial charge in [0.1, 0.15) is 0 Å². The second-order valence-corrected chi connectivity index (χ2v) is 5.08. The molecule has 1 N–H and O–H groups in total. The molecule has 0 radical (unpaired) electrons. The zero-order valence-electron chi connectivity index (χ0n) is 11.4. The van der Waals surface area contributed by atoms with Crippen molar-refractivity contribution in [2.75, 3.05) is 19.8 Å². The molecule has 0 bridgehead atoms. The van der Waals surface area contributed by atoms with Gasteiger partial charge >= 0.3 is 0 Å². The number of hydrogen-bond donors (Lipinski definition) is 1. The molecule has 0 aromatic heterocycles. The highest BCUT2D eigenvalue weighted by atomic mass is 16.5. The van der Waals surface area contributed by atoms with E-state index in [0.717, 1.165) is 51.9 Å². The Hall–Kier alpha value is -0.120. The van der Waals surface area contributed by atoms with Gasteiger partial charge < -0.3 is 14.6 Å². The van der Waals surface area contributed by atoms with Crippen molar-refractivity contribution < 1.29 is 14.6 Å². The maximum atomic E-state index is 9.69. The summed E-state index contributed by atoms with van der Waals surface area (Å²) in [6.45, 7) is 6.73. The quantitative estimate of drug-likeness (QED) is 0.634. The van der Waals surface area contributed by atoms with Gasteiger partial charge in [-0.25, -0.2) is 0 Å². The standard InChI is InChI=1S/C14H28O3/c1-3-5-7-16-11-12-9-13(15)10-14(12)17-8-6-4-2/h12-15H,3-11H2,1-2H3/t12-,13+,14-/m0/s1. The highest BCUT2D eigenvalue weighted by molar-refractivity contribution is 4.84. The van der Waals surface area contributed by atoms with Gasteiger partial charge in [-0.15, -0.1) is 0 Å². The Morgan fingerprint density at radius 1 is 1.06 bits per heavy atom. The molecule has 0 aromatic carbocycles. The number of ether oxygens (including phenoxy) is 2. The number of rotatable bonds is 9. The van der Waals surface area contributed by atoms with E-state index in [1.807, 2.05) is 0 Å². The fourth-order valence-corrected chi connectivity index (χ4v) is 2.30. The zero-order chi connectivity index (χ0) is 12.5. The zero-order valence-corrected chi connectivity index (χ0v) is 11.4. The number of aliphatic hydroxyl groups is 1. The largest absolute Gasteiger partial charge is 0.393 e. The van der Waals surface area contributed by atoms with Crippen molar-refractivity contribution in [2.45, 2.75) is 64.6 Å². The smallest absolute Gasteiger partial charge is 0.0650 e. The SMILES string of the molecule is CCCCOC[C@@H]1C[C@@H](O)C[C@@H]1OCCCC. The van der Waals surface area contributed by atoms with Crippen molar-refractivity contribution in [1.82, 2.24) is 0 Å². The summed E-state index contributed by atoms with van der Waals surface area (Å²) in [7, 11) is 0. The van der Waals surface area contributed by atoms with Crippen LogP contribution in [0.1, 0.15) is 52.4 Å². The Morgan fingerprint density at radius 3 is 2.47 bits per heavy atom. The lowest BCUT2D eigenvalue weighted by molar-refractivity contribution is -0.00924. The monoisotopic (exact) mass is 244 g/mol. The molecule has 17 heavy (non-hydrogen) atoms. The third kappa shape index (κ3) is 5.84. The fraction of sp³-hybridized carbons (Fsp3) is 1.00. The number of unbranched alkanes of at least 4 members (excludes halogenated alkanes) is 2. The van der Waals surface area contributed by atoms with Crippen LogP contribution in [-0.4, -0.2) is 37.1 Å². The van der Waals surface area contributed by atoms with Crippen molar-refractivity contribution in [3.05, 3.63) is 0 Å². The first-order valence-corrected chi connectivity index (χ1v) is 7.15. The van der Waals surface area contributed by atoms with E-state index in [1.165, 1.54) is 6.42 Å². The van der Waals surface area contributed by atoms with Crippen LogP contribution >= 0.6 is 0 Å². The minimum Gasteiger partial charge on any atom is -0.393 e. The van der Waals surface area contributed by atoms with Crippen molar-refractivity contribution in [2.24, 2.45) is 5.92 Å². The average Bonchev–Trinajstić information content (AvgIpc) is 2.66. The first-order valence-electron chi connectivity index (χ1n) is 7.15. The minimum atomic E-state index is -0.193. The molecule has 0 unspecified atom stereocenters. The summed E-state index contributed by atoms with van der Waals surface area (Å²) in [5.41, 5.74) is 0. The molecule has 0 saturated heterocycles. The van der Waals surface area contributed by atoms with Crippen LogP contribution in [0.15, 0.2) is 0 Å². The first-order chi connectivity index (χ1) is 8.27. The van der Waals surface area contributed by atoms with Crippen molar-refractivity contribution in [3.63, 3.8) is 0 Å². The summed E-state index contributed by atoms with van der Waals surface area (Å²) >= 11 is 0. The van der Waals surface area contributed by atoms with Crippen LogP contribution in [-0.2, 0) is 9.47 Å². The van der Waals surface area contributed by atoms with Gasteiger partial charge in [0, 0.05) is 19.1 Å². The number of hydrogen-bond acceptors (Lipinski definition) is 3. The van der Waals surface area contributed by atoms with Crippen LogP contribution in [0.5, 0.6) is 0 Å². The predicted molar refractivity (Wildman–Crippen MR) is 69.1 cm³/mol. The maximum Gasteiger partial charge on any atom is 0.0650 e. The van der Waals surface area contributed by atoms with E-state index in [1.54, 1.807) is 0 Å². The molecule has 102 valence electrons. The van der Waals surface area contributed by atoms with Crippen LogP contribution in [0.25, 0.3) is 0 Å². The predicted octanol–water partition coefficient (Wildman–Crippen LogP) is 2.76. The second-order valence-electron chi connectivity index (χ2n) is 5.08. The number of aliphatic hydroxyl groups excluding tert-OH is 1. The molecule has 0 spiro atoms. The van der Waals surface area contributed by atoms with E-state index in [4.69, 9.17) is 9.47 Å². The minimum absolute atomic E-state index is 0.193. The highest BCUT2D eigenvalue weighted by Crippen LogP contribution is 2.29. The molecule has 1 rings (SSSR count). The van der Waals surface area contributed by atoms with Gasteiger partial charge in [-0.3, -0.25) is 0 Å². The lowest BCUT2D eigenvalue weighted by Crippen LogP contribution is -2.23. The van der Waals surface area contributed by atoms with E-state index in [2.05, 4.69) is 13.8 Å². The van der Waals surface area contributed by atoms with Crippen LogP contribution in [0.4, 0.5) is 0 Å². The van der Waals surface area contributed by atoms with Gasteiger partial charge in [0.25, 0.3) is 0 Å². The van der Waals surface area contributed by atoms with Gasteiger partial charge in [-0.1, -0.05) is 26.7 Å². The Morgan fingerprint density at radius 2 is 1.76 bits per heavy atom.